The van der Waals surface area contributed by atoms with Gasteiger partial charge in [0.15, 0.2) is 0 Å². The van der Waals surface area contributed by atoms with Crippen molar-refractivity contribution in [3.63, 3.8) is 0 Å². The molecular weight excluding hydrogens is 246 g/mol. The first-order valence-corrected chi connectivity index (χ1v) is 5.86. The van der Waals surface area contributed by atoms with E-state index in [9.17, 15) is 9.90 Å². The van der Waals surface area contributed by atoms with Crippen LogP contribution in [0.1, 0.15) is 17.3 Å². The number of aromatic nitrogens is 2. The van der Waals surface area contributed by atoms with Crippen molar-refractivity contribution in [3.05, 3.63) is 30.1 Å². The van der Waals surface area contributed by atoms with Crippen LogP contribution in [0, 0.1) is 0 Å². The third-order valence-corrected chi connectivity index (χ3v) is 2.76. The van der Waals surface area contributed by atoms with Crippen molar-refractivity contribution >= 4 is 22.7 Å². The number of rotatable bonds is 4. The second kappa shape index (κ2) is 5.19. The summed E-state index contributed by atoms with van der Waals surface area (Å²) in [6.07, 6.45) is 0.912. The van der Waals surface area contributed by atoms with Crippen LogP contribution in [0.4, 0.5) is 5.82 Å². The van der Waals surface area contributed by atoms with E-state index in [1.807, 2.05) is 11.9 Å². The molecule has 100 valence electrons. The highest BCUT2D eigenvalue weighted by molar-refractivity contribution is 5.96. The van der Waals surface area contributed by atoms with Crippen LogP contribution in [0.3, 0.4) is 0 Å². The Balaban J connectivity index is 2.49. The van der Waals surface area contributed by atoms with Crippen LogP contribution >= 0.6 is 0 Å². The molecule has 0 aliphatic heterocycles. The number of aliphatic hydroxyl groups is 1. The van der Waals surface area contributed by atoms with E-state index in [0.717, 1.165) is 5.39 Å². The maximum atomic E-state index is 10.9. The zero-order valence-corrected chi connectivity index (χ0v) is 10.7. The molecule has 0 fully saturated rings. The lowest BCUT2D eigenvalue weighted by Gasteiger charge is -2.20. The van der Waals surface area contributed by atoms with Crippen LogP contribution in [0.5, 0.6) is 0 Å². The van der Waals surface area contributed by atoms with Crippen molar-refractivity contribution in [2.45, 2.75) is 13.0 Å². The lowest BCUT2D eigenvalue weighted by Crippen LogP contribution is -2.27. The van der Waals surface area contributed by atoms with Gasteiger partial charge in [-0.2, -0.15) is 0 Å². The number of carboxylic acids is 1. The molecule has 0 amide bonds. The van der Waals surface area contributed by atoms with Gasteiger partial charge in [0.25, 0.3) is 0 Å². The monoisotopic (exact) mass is 261 g/mol. The number of likely N-dealkylation sites (N-methyl/N-ethyl adjacent to an activating group) is 1. The van der Waals surface area contributed by atoms with Gasteiger partial charge in [0.2, 0.25) is 0 Å². The van der Waals surface area contributed by atoms with E-state index in [1.54, 1.807) is 13.0 Å². The van der Waals surface area contributed by atoms with Gasteiger partial charge in [-0.05, 0) is 25.1 Å². The van der Waals surface area contributed by atoms with Crippen LogP contribution in [0.15, 0.2) is 24.5 Å². The number of hydrogen-bond donors (Lipinski definition) is 2. The van der Waals surface area contributed by atoms with E-state index < -0.39 is 12.1 Å². The van der Waals surface area contributed by atoms with Gasteiger partial charge in [0.05, 0.1) is 17.2 Å². The lowest BCUT2D eigenvalue weighted by molar-refractivity contribution is 0.0697. The number of anilines is 1. The molecule has 2 rings (SSSR count). The van der Waals surface area contributed by atoms with Gasteiger partial charge in [0.1, 0.15) is 12.1 Å². The maximum Gasteiger partial charge on any atom is 0.335 e. The highest BCUT2D eigenvalue weighted by Gasteiger charge is 2.12. The molecular formula is C13H15N3O3. The molecule has 6 nitrogen and oxygen atoms in total. The predicted octanol–water partition coefficient (Wildman–Crippen LogP) is 1.15. The van der Waals surface area contributed by atoms with E-state index >= 15 is 0 Å². The molecule has 0 saturated carbocycles. The Bertz CT molecular complexity index is 613. The van der Waals surface area contributed by atoms with Gasteiger partial charge >= 0.3 is 5.97 Å². The number of fused-ring (bicyclic) bond motifs is 1. The molecule has 1 unspecified atom stereocenters. The lowest BCUT2D eigenvalue weighted by atomic mass is 10.1. The summed E-state index contributed by atoms with van der Waals surface area (Å²) in [6, 6.07) is 4.72. The molecule has 0 bridgehead atoms. The van der Waals surface area contributed by atoms with Crippen LogP contribution < -0.4 is 4.90 Å². The Morgan fingerprint density at radius 3 is 2.79 bits per heavy atom. The Morgan fingerprint density at radius 1 is 1.42 bits per heavy atom. The van der Waals surface area contributed by atoms with Crippen LogP contribution in [-0.2, 0) is 0 Å². The Labute approximate surface area is 110 Å². The van der Waals surface area contributed by atoms with E-state index in [1.165, 1.54) is 18.5 Å². The fraction of sp³-hybridized carbons (Fsp3) is 0.308. The van der Waals surface area contributed by atoms with Gasteiger partial charge in [-0.3, -0.25) is 0 Å². The molecule has 0 aliphatic rings. The Hall–Kier alpha value is -2.21. The number of aliphatic hydroxyl groups excluding tert-OH is 1. The zero-order valence-electron chi connectivity index (χ0n) is 10.7. The largest absolute Gasteiger partial charge is 0.478 e. The van der Waals surface area contributed by atoms with Crippen molar-refractivity contribution < 1.29 is 15.0 Å². The fourth-order valence-electron chi connectivity index (χ4n) is 1.96. The molecule has 1 aromatic heterocycles. The zero-order chi connectivity index (χ0) is 14.0. The third kappa shape index (κ3) is 2.79. The number of aromatic carboxylic acids is 1. The summed E-state index contributed by atoms with van der Waals surface area (Å²) in [5.41, 5.74) is 0.762. The molecule has 0 radical (unpaired) electrons. The number of hydrogen-bond acceptors (Lipinski definition) is 5. The van der Waals surface area contributed by atoms with Crippen molar-refractivity contribution in [1.82, 2.24) is 9.97 Å². The maximum absolute atomic E-state index is 10.9. The van der Waals surface area contributed by atoms with Gasteiger partial charge in [0, 0.05) is 19.0 Å². The predicted molar refractivity (Wildman–Crippen MR) is 71.4 cm³/mol. The molecule has 19 heavy (non-hydrogen) atoms. The summed E-state index contributed by atoms with van der Waals surface area (Å²) in [5, 5.41) is 19.1. The second-order valence-electron chi connectivity index (χ2n) is 4.46. The van der Waals surface area contributed by atoms with Crippen LogP contribution in [0.2, 0.25) is 0 Å². The molecule has 0 spiro atoms. The number of benzene rings is 1. The van der Waals surface area contributed by atoms with E-state index in [2.05, 4.69) is 9.97 Å². The van der Waals surface area contributed by atoms with E-state index in [4.69, 9.17) is 5.11 Å². The summed E-state index contributed by atoms with van der Waals surface area (Å²) in [7, 11) is 1.82. The van der Waals surface area contributed by atoms with Crippen LogP contribution in [-0.4, -0.2) is 45.8 Å². The Kier molecular flexibility index (Phi) is 3.62. The molecule has 1 atom stereocenters. The minimum Gasteiger partial charge on any atom is -0.478 e. The average Bonchev–Trinajstić information content (AvgIpc) is 2.36. The summed E-state index contributed by atoms with van der Waals surface area (Å²) >= 11 is 0. The van der Waals surface area contributed by atoms with E-state index in [-0.39, 0.29) is 5.56 Å². The number of carbonyl (C=O) groups is 1. The fourth-order valence-corrected chi connectivity index (χ4v) is 1.96. The summed E-state index contributed by atoms with van der Waals surface area (Å²) in [6.45, 7) is 2.13. The topological polar surface area (TPSA) is 86.5 Å². The van der Waals surface area contributed by atoms with Crippen molar-refractivity contribution in [2.24, 2.45) is 0 Å². The third-order valence-electron chi connectivity index (χ3n) is 2.76. The number of nitrogens with zero attached hydrogens (tertiary/aromatic N) is 3. The minimum absolute atomic E-state index is 0.190. The molecule has 0 saturated heterocycles. The summed E-state index contributed by atoms with van der Waals surface area (Å²) in [5.74, 6) is -0.317. The Morgan fingerprint density at radius 2 is 2.16 bits per heavy atom. The van der Waals surface area contributed by atoms with Crippen molar-refractivity contribution in [2.75, 3.05) is 18.5 Å². The first kappa shape index (κ1) is 13.2. The smallest absolute Gasteiger partial charge is 0.335 e. The van der Waals surface area contributed by atoms with Gasteiger partial charge in [-0.1, -0.05) is 0 Å². The summed E-state index contributed by atoms with van der Waals surface area (Å²) < 4.78 is 0. The minimum atomic E-state index is -0.987. The molecule has 1 aromatic carbocycles. The van der Waals surface area contributed by atoms with Crippen molar-refractivity contribution in [3.8, 4) is 0 Å². The number of carboxylic acid groups (broad SMARTS) is 1. The molecule has 0 aliphatic carbocycles. The molecule has 2 aromatic rings. The first-order valence-electron chi connectivity index (χ1n) is 5.86. The van der Waals surface area contributed by atoms with Gasteiger partial charge in [-0.15, -0.1) is 0 Å². The van der Waals surface area contributed by atoms with Gasteiger partial charge < -0.3 is 15.1 Å². The SMILES string of the molecule is CC(O)CN(C)c1ncnc2cc(C(=O)O)ccc12. The molecule has 1 heterocycles. The summed E-state index contributed by atoms with van der Waals surface area (Å²) in [4.78, 5) is 21.0. The highest BCUT2D eigenvalue weighted by atomic mass is 16.4. The highest BCUT2D eigenvalue weighted by Crippen LogP contribution is 2.23. The first-order chi connectivity index (χ1) is 8.99. The quantitative estimate of drug-likeness (QED) is 0.858. The van der Waals surface area contributed by atoms with E-state index in [0.29, 0.717) is 17.9 Å². The van der Waals surface area contributed by atoms with Gasteiger partial charge in [-0.25, -0.2) is 14.8 Å². The second-order valence-corrected chi connectivity index (χ2v) is 4.46. The average molecular weight is 261 g/mol. The normalized spacial score (nSPS) is 12.4. The molecule has 2 N–H and O–H groups in total. The standard InChI is InChI=1S/C13H15N3O3/c1-8(17)6-16(2)12-10-4-3-9(13(18)19)5-11(10)14-7-15-12/h3-5,7-8,17H,6H2,1-2H3,(H,18,19). The van der Waals surface area contributed by atoms with Crippen LogP contribution in [0.25, 0.3) is 10.9 Å². The van der Waals surface area contributed by atoms with Crippen molar-refractivity contribution in [1.29, 1.82) is 0 Å². The molecule has 6 heteroatoms.